The highest BCUT2D eigenvalue weighted by molar-refractivity contribution is 6.03. The van der Waals surface area contributed by atoms with E-state index in [2.05, 4.69) is 38.3 Å². The van der Waals surface area contributed by atoms with Gasteiger partial charge in [-0.25, -0.2) is 0 Å². The fraction of sp³-hybridized carbons (Fsp3) is 0.583. The predicted octanol–water partition coefficient (Wildman–Crippen LogP) is 2.40. The molecule has 30 heavy (non-hydrogen) atoms. The third-order valence-electron chi connectivity index (χ3n) is 7.01. The number of hydrogen-bond acceptors (Lipinski definition) is 4. The number of rotatable bonds is 3. The first-order valence-electron chi connectivity index (χ1n) is 10.9. The van der Waals surface area contributed by atoms with Crippen molar-refractivity contribution in [1.29, 1.82) is 0 Å². The number of amides is 2. The summed E-state index contributed by atoms with van der Waals surface area (Å²) in [7, 11) is 0. The molecular weight excluding hydrogens is 378 g/mol. The van der Waals surface area contributed by atoms with Crippen LogP contribution >= 0.6 is 0 Å². The third kappa shape index (κ3) is 3.08. The maximum Gasteiger partial charge on any atom is 0.234 e. The van der Waals surface area contributed by atoms with Crippen molar-refractivity contribution in [2.45, 2.75) is 69.4 Å². The number of nitrogens with zero attached hydrogens (tertiary/aromatic N) is 1. The number of carbonyl (C=O) groups is 2. The van der Waals surface area contributed by atoms with Crippen LogP contribution in [0.1, 0.15) is 40.5 Å². The summed E-state index contributed by atoms with van der Waals surface area (Å²) in [5.41, 5.74) is 0.0536. The molecule has 6 nitrogen and oxygen atoms in total. The van der Waals surface area contributed by atoms with Gasteiger partial charge in [0.15, 0.2) is 0 Å². The molecule has 0 aromatic heterocycles. The van der Waals surface area contributed by atoms with Crippen LogP contribution < -0.4 is 15.5 Å². The summed E-state index contributed by atoms with van der Waals surface area (Å²) in [6, 6.07) is 9.72. The van der Waals surface area contributed by atoms with E-state index in [0.717, 1.165) is 18.5 Å². The number of nitrogens with one attached hydrogen (secondary N) is 2. The quantitative estimate of drug-likeness (QED) is 0.752. The lowest BCUT2D eigenvalue weighted by Crippen LogP contribution is -2.62. The third-order valence-corrected chi connectivity index (χ3v) is 7.01. The van der Waals surface area contributed by atoms with E-state index < -0.39 is 17.4 Å². The van der Waals surface area contributed by atoms with Gasteiger partial charge >= 0.3 is 0 Å². The first-order chi connectivity index (χ1) is 14.1. The van der Waals surface area contributed by atoms with Gasteiger partial charge in [-0.1, -0.05) is 30.4 Å². The zero-order valence-corrected chi connectivity index (χ0v) is 18.1. The largest absolute Gasteiger partial charge is 0.360 e. The first kappa shape index (κ1) is 19.8. The Bertz CT molecular complexity index is 894. The van der Waals surface area contributed by atoms with Crippen molar-refractivity contribution in [3.63, 3.8) is 0 Å². The first-order valence-corrected chi connectivity index (χ1v) is 10.9. The Morgan fingerprint density at radius 1 is 1.13 bits per heavy atom. The summed E-state index contributed by atoms with van der Waals surface area (Å²) in [6.07, 6.45) is 5.37. The smallest absolute Gasteiger partial charge is 0.234 e. The molecule has 2 N–H and O–H groups in total. The number of piperidine rings is 1. The van der Waals surface area contributed by atoms with Gasteiger partial charge in [-0.05, 0) is 52.7 Å². The van der Waals surface area contributed by atoms with E-state index in [4.69, 9.17) is 4.74 Å². The van der Waals surface area contributed by atoms with Crippen LogP contribution in [-0.2, 0) is 14.3 Å². The van der Waals surface area contributed by atoms with E-state index in [1.165, 1.54) is 0 Å². The second kappa shape index (κ2) is 6.41. The van der Waals surface area contributed by atoms with Crippen LogP contribution in [0.4, 0.5) is 5.69 Å². The maximum absolute atomic E-state index is 13.4. The summed E-state index contributed by atoms with van der Waals surface area (Å²) in [4.78, 5) is 28.6. The van der Waals surface area contributed by atoms with Gasteiger partial charge in [0.05, 0.1) is 24.5 Å². The fourth-order valence-electron chi connectivity index (χ4n) is 6.35. The Kier molecular flexibility index (Phi) is 4.22. The number of anilines is 1. The lowest BCUT2D eigenvalue weighted by Gasteiger charge is -2.47. The van der Waals surface area contributed by atoms with Crippen molar-refractivity contribution < 1.29 is 14.3 Å². The molecule has 2 bridgehead atoms. The zero-order chi connectivity index (χ0) is 21.3. The Hall–Kier alpha value is -2.18. The average Bonchev–Trinajstić information content (AvgIpc) is 3.28. The highest BCUT2D eigenvalue weighted by atomic mass is 16.5. The van der Waals surface area contributed by atoms with Gasteiger partial charge in [-0.3, -0.25) is 9.59 Å². The lowest BCUT2D eigenvalue weighted by molar-refractivity contribution is -0.132. The van der Waals surface area contributed by atoms with Gasteiger partial charge in [-0.15, -0.1) is 0 Å². The second-order valence-electron chi connectivity index (χ2n) is 10.7. The van der Waals surface area contributed by atoms with Crippen molar-refractivity contribution in [2.24, 2.45) is 11.8 Å². The maximum atomic E-state index is 13.4. The normalized spacial score (nSPS) is 36.2. The standard InChI is InChI=1S/C24H31N3O3/c1-22(2)12-15(13-23(3,4)26-22)25-20(28)18-17-10-11-24(30-17)14-27(21(29)19(18)24)16-8-6-5-7-9-16/h5-11,15,17-19,26H,12-14H2,1-4H3,(H,25,28)/t17-,18-,19-,24+/m1/s1. The zero-order valence-electron chi connectivity index (χ0n) is 18.1. The molecule has 3 fully saturated rings. The topological polar surface area (TPSA) is 70.7 Å². The monoisotopic (exact) mass is 409 g/mol. The van der Waals surface area contributed by atoms with E-state index in [1.54, 1.807) is 4.90 Å². The van der Waals surface area contributed by atoms with Crippen LogP contribution in [-0.4, -0.2) is 47.2 Å². The number of benzene rings is 1. The summed E-state index contributed by atoms with van der Waals surface area (Å²) in [6.45, 7) is 9.14. The predicted molar refractivity (Wildman–Crippen MR) is 115 cm³/mol. The Morgan fingerprint density at radius 3 is 2.47 bits per heavy atom. The molecule has 6 heteroatoms. The molecule has 160 valence electrons. The molecule has 4 aliphatic rings. The van der Waals surface area contributed by atoms with Crippen LogP contribution in [0.25, 0.3) is 0 Å². The Balaban J connectivity index is 1.37. The van der Waals surface area contributed by atoms with Crippen LogP contribution in [0.3, 0.4) is 0 Å². The van der Waals surface area contributed by atoms with Gasteiger partial charge in [0, 0.05) is 22.8 Å². The summed E-state index contributed by atoms with van der Waals surface area (Å²) in [5, 5.41) is 6.93. The molecule has 2 amide bonds. The number of hydrogen-bond donors (Lipinski definition) is 2. The van der Waals surface area contributed by atoms with Gasteiger partial charge in [-0.2, -0.15) is 0 Å². The number of para-hydroxylation sites is 1. The minimum Gasteiger partial charge on any atom is -0.360 e. The molecule has 4 atom stereocenters. The highest BCUT2D eigenvalue weighted by Gasteiger charge is 2.67. The minimum absolute atomic E-state index is 0.0147. The van der Waals surface area contributed by atoms with Crippen molar-refractivity contribution >= 4 is 17.5 Å². The van der Waals surface area contributed by atoms with Gasteiger partial charge in [0.1, 0.15) is 5.60 Å². The van der Waals surface area contributed by atoms with E-state index in [1.807, 2.05) is 42.5 Å². The van der Waals surface area contributed by atoms with Gasteiger partial charge in [0.25, 0.3) is 0 Å². The second-order valence-corrected chi connectivity index (χ2v) is 10.7. The molecule has 1 aromatic rings. The summed E-state index contributed by atoms with van der Waals surface area (Å²) < 4.78 is 6.26. The Morgan fingerprint density at radius 2 is 1.80 bits per heavy atom. The fourth-order valence-corrected chi connectivity index (χ4v) is 6.35. The molecule has 0 unspecified atom stereocenters. The van der Waals surface area contributed by atoms with E-state index in [-0.39, 0.29) is 35.0 Å². The molecule has 0 saturated carbocycles. The summed E-state index contributed by atoms with van der Waals surface area (Å²) in [5.74, 6) is -1.01. The molecule has 1 spiro atoms. The van der Waals surface area contributed by atoms with Crippen molar-refractivity contribution in [3.05, 3.63) is 42.5 Å². The average molecular weight is 410 g/mol. The van der Waals surface area contributed by atoms with Crippen LogP contribution in [0.5, 0.6) is 0 Å². The summed E-state index contributed by atoms with van der Waals surface area (Å²) >= 11 is 0. The number of carbonyl (C=O) groups excluding carboxylic acids is 2. The number of fused-ring (bicyclic) bond motifs is 1. The van der Waals surface area contributed by atoms with Gasteiger partial charge < -0.3 is 20.3 Å². The van der Waals surface area contributed by atoms with Crippen LogP contribution in [0.15, 0.2) is 42.5 Å². The molecule has 4 heterocycles. The Labute approximate surface area is 178 Å². The molecule has 1 aromatic carbocycles. The van der Waals surface area contributed by atoms with E-state index in [9.17, 15) is 9.59 Å². The molecule has 0 aliphatic carbocycles. The SMILES string of the molecule is CC1(C)CC(NC(=O)[C@@H]2[C@H]3C=C[C@@]4(CN(c5ccccc5)C(=O)[C@@H]24)O3)CC(C)(C)N1. The number of ether oxygens (including phenoxy) is 1. The highest BCUT2D eigenvalue weighted by Crippen LogP contribution is 2.52. The molecule has 5 rings (SSSR count). The molecule has 4 aliphatic heterocycles. The van der Waals surface area contributed by atoms with Crippen LogP contribution in [0.2, 0.25) is 0 Å². The van der Waals surface area contributed by atoms with Crippen molar-refractivity contribution in [1.82, 2.24) is 10.6 Å². The van der Waals surface area contributed by atoms with Gasteiger partial charge in [0.2, 0.25) is 11.8 Å². The molecular formula is C24H31N3O3. The van der Waals surface area contributed by atoms with Crippen molar-refractivity contribution in [3.8, 4) is 0 Å². The molecule has 3 saturated heterocycles. The van der Waals surface area contributed by atoms with E-state index >= 15 is 0 Å². The van der Waals surface area contributed by atoms with Crippen LogP contribution in [0, 0.1) is 11.8 Å². The lowest BCUT2D eigenvalue weighted by atomic mass is 9.75. The molecule has 0 radical (unpaired) electrons. The van der Waals surface area contributed by atoms with E-state index in [0.29, 0.717) is 6.54 Å². The van der Waals surface area contributed by atoms with Crippen molar-refractivity contribution in [2.75, 3.05) is 11.4 Å². The minimum atomic E-state index is -0.688.